The lowest BCUT2D eigenvalue weighted by Crippen LogP contribution is -2.33. The Bertz CT molecular complexity index is 353. The summed E-state index contributed by atoms with van der Waals surface area (Å²) < 4.78 is 1.12. The summed E-state index contributed by atoms with van der Waals surface area (Å²) in [6.45, 7) is 7.40. The van der Waals surface area contributed by atoms with Crippen molar-refractivity contribution in [2.45, 2.75) is 20.3 Å². The molecular formula is C13H22BrN3. The van der Waals surface area contributed by atoms with Gasteiger partial charge in [-0.1, -0.05) is 6.92 Å². The molecule has 1 aromatic rings. The topological polar surface area (TPSA) is 19.4 Å². The van der Waals surface area contributed by atoms with Crippen molar-refractivity contribution in [3.05, 3.63) is 22.3 Å². The fourth-order valence-corrected chi connectivity index (χ4v) is 2.15. The van der Waals surface area contributed by atoms with E-state index in [-0.39, 0.29) is 0 Å². The van der Waals surface area contributed by atoms with Crippen LogP contribution < -0.4 is 4.90 Å². The molecule has 1 rings (SSSR count). The Kier molecular flexibility index (Phi) is 5.92. The monoisotopic (exact) mass is 299 g/mol. The first-order chi connectivity index (χ1) is 8.06. The van der Waals surface area contributed by atoms with Crippen molar-refractivity contribution in [2.24, 2.45) is 0 Å². The molecule has 4 heteroatoms. The average Bonchev–Trinajstić information content (AvgIpc) is 2.28. The minimum absolute atomic E-state index is 1.01. The summed E-state index contributed by atoms with van der Waals surface area (Å²) in [4.78, 5) is 9.04. The molecule has 0 fully saturated rings. The van der Waals surface area contributed by atoms with Crippen LogP contribution in [-0.2, 0) is 0 Å². The third-order valence-corrected chi connectivity index (χ3v) is 3.65. The number of rotatable bonds is 6. The first kappa shape index (κ1) is 14.5. The van der Waals surface area contributed by atoms with Gasteiger partial charge in [0.15, 0.2) is 0 Å². The summed E-state index contributed by atoms with van der Waals surface area (Å²) in [5.74, 6) is 1.06. The second-order valence-electron chi connectivity index (χ2n) is 4.56. The van der Waals surface area contributed by atoms with Gasteiger partial charge < -0.3 is 9.80 Å². The Morgan fingerprint density at radius 3 is 2.53 bits per heavy atom. The minimum Gasteiger partial charge on any atom is -0.354 e. The molecule has 0 aromatic carbocycles. The molecule has 0 bridgehead atoms. The molecule has 0 aliphatic rings. The maximum atomic E-state index is 4.50. The third kappa shape index (κ3) is 4.28. The van der Waals surface area contributed by atoms with Gasteiger partial charge in [0.2, 0.25) is 0 Å². The number of hydrogen-bond acceptors (Lipinski definition) is 3. The van der Waals surface area contributed by atoms with Crippen LogP contribution >= 0.6 is 15.9 Å². The zero-order valence-corrected chi connectivity index (χ0v) is 12.8. The van der Waals surface area contributed by atoms with Crippen LogP contribution in [0, 0.1) is 6.92 Å². The van der Waals surface area contributed by atoms with Crippen LogP contribution in [-0.4, -0.2) is 43.6 Å². The summed E-state index contributed by atoms with van der Waals surface area (Å²) >= 11 is 3.64. The second kappa shape index (κ2) is 6.97. The van der Waals surface area contributed by atoms with Gasteiger partial charge in [0.1, 0.15) is 5.82 Å². The fraction of sp³-hybridized carbons (Fsp3) is 0.615. The number of halogens is 1. The van der Waals surface area contributed by atoms with Gasteiger partial charge in [-0.15, -0.1) is 0 Å². The molecule has 0 saturated carbocycles. The normalized spacial score (nSPS) is 10.9. The van der Waals surface area contributed by atoms with Crippen LogP contribution in [0.4, 0.5) is 5.82 Å². The van der Waals surface area contributed by atoms with Crippen molar-refractivity contribution in [3.8, 4) is 0 Å². The molecule has 17 heavy (non-hydrogen) atoms. The molecule has 1 aromatic heterocycles. The van der Waals surface area contributed by atoms with Crippen molar-refractivity contribution in [1.29, 1.82) is 0 Å². The summed E-state index contributed by atoms with van der Waals surface area (Å²) in [6, 6.07) is 2.03. The molecule has 1 heterocycles. The van der Waals surface area contributed by atoms with Crippen molar-refractivity contribution in [1.82, 2.24) is 9.88 Å². The lowest BCUT2D eigenvalue weighted by Gasteiger charge is -2.26. The number of aryl methyl sites for hydroxylation is 1. The highest BCUT2D eigenvalue weighted by atomic mass is 79.9. The number of aromatic nitrogens is 1. The minimum atomic E-state index is 1.01. The van der Waals surface area contributed by atoms with E-state index >= 15 is 0 Å². The number of hydrogen-bond donors (Lipinski definition) is 0. The third-order valence-electron chi connectivity index (χ3n) is 2.67. The number of nitrogens with zero attached hydrogens (tertiary/aromatic N) is 3. The standard InChI is InChI=1S/C13H22BrN3/c1-5-8-17(10-9-16(3)4)13-12(14)11(2)6-7-15-13/h6-7H,5,8-10H2,1-4H3. The Morgan fingerprint density at radius 1 is 1.24 bits per heavy atom. The molecule has 0 amide bonds. The molecule has 0 radical (unpaired) electrons. The molecule has 3 nitrogen and oxygen atoms in total. The summed E-state index contributed by atoms with van der Waals surface area (Å²) in [5.41, 5.74) is 1.24. The molecule has 0 aliphatic heterocycles. The van der Waals surface area contributed by atoms with E-state index in [1.807, 2.05) is 12.3 Å². The van der Waals surface area contributed by atoms with E-state index in [9.17, 15) is 0 Å². The van der Waals surface area contributed by atoms with E-state index in [1.54, 1.807) is 0 Å². The van der Waals surface area contributed by atoms with E-state index in [4.69, 9.17) is 0 Å². The van der Waals surface area contributed by atoms with Crippen molar-refractivity contribution in [3.63, 3.8) is 0 Å². The average molecular weight is 300 g/mol. The van der Waals surface area contributed by atoms with E-state index in [0.29, 0.717) is 0 Å². The van der Waals surface area contributed by atoms with Gasteiger partial charge in [0.25, 0.3) is 0 Å². The smallest absolute Gasteiger partial charge is 0.143 e. The molecule has 0 spiro atoms. The van der Waals surface area contributed by atoms with Gasteiger partial charge in [-0.2, -0.15) is 0 Å². The van der Waals surface area contributed by atoms with Gasteiger partial charge in [-0.05, 0) is 55.0 Å². The molecule has 96 valence electrons. The Balaban J connectivity index is 2.85. The highest BCUT2D eigenvalue weighted by Gasteiger charge is 2.12. The number of likely N-dealkylation sites (N-methyl/N-ethyl adjacent to an activating group) is 1. The molecule has 0 N–H and O–H groups in total. The summed E-state index contributed by atoms with van der Waals surface area (Å²) in [7, 11) is 4.20. The fourth-order valence-electron chi connectivity index (χ4n) is 1.66. The lowest BCUT2D eigenvalue weighted by atomic mass is 10.2. The molecule has 0 atom stereocenters. The largest absolute Gasteiger partial charge is 0.354 e. The molecular weight excluding hydrogens is 278 g/mol. The molecule has 0 aliphatic carbocycles. The maximum Gasteiger partial charge on any atom is 0.143 e. The van der Waals surface area contributed by atoms with Crippen LogP contribution in [0.3, 0.4) is 0 Å². The highest BCUT2D eigenvalue weighted by Crippen LogP contribution is 2.26. The van der Waals surface area contributed by atoms with E-state index in [0.717, 1.165) is 36.3 Å². The first-order valence-corrected chi connectivity index (χ1v) is 6.86. The van der Waals surface area contributed by atoms with Gasteiger partial charge in [-0.3, -0.25) is 0 Å². The van der Waals surface area contributed by atoms with Crippen molar-refractivity contribution < 1.29 is 0 Å². The van der Waals surface area contributed by atoms with Gasteiger partial charge in [0.05, 0.1) is 4.47 Å². The van der Waals surface area contributed by atoms with Crippen LogP contribution in [0.2, 0.25) is 0 Å². The SMILES string of the molecule is CCCN(CCN(C)C)c1nccc(C)c1Br. The van der Waals surface area contributed by atoms with Crippen LogP contribution in [0.25, 0.3) is 0 Å². The number of anilines is 1. The molecule has 0 saturated heterocycles. The van der Waals surface area contributed by atoms with E-state index in [2.05, 4.69) is 58.7 Å². The van der Waals surface area contributed by atoms with Crippen molar-refractivity contribution >= 4 is 21.7 Å². The van der Waals surface area contributed by atoms with Gasteiger partial charge in [0, 0.05) is 25.8 Å². The summed E-state index contributed by atoms with van der Waals surface area (Å²) in [5, 5.41) is 0. The predicted octanol–water partition coefficient (Wildman–Crippen LogP) is 2.93. The highest BCUT2D eigenvalue weighted by molar-refractivity contribution is 9.10. The van der Waals surface area contributed by atoms with Crippen LogP contribution in [0.1, 0.15) is 18.9 Å². The first-order valence-electron chi connectivity index (χ1n) is 6.07. The predicted molar refractivity (Wildman–Crippen MR) is 77.7 cm³/mol. The number of pyridine rings is 1. The van der Waals surface area contributed by atoms with Crippen LogP contribution in [0.5, 0.6) is 0 Å². The van der Waals surface area contributed by atoms with Crippen LogP contribution in [0.15, 0.2) is 16.7 Å². The van der Waals surface area contributed by atoms with E-state index in [1.165, 1.54) is 5.56 Å². The Hall–Kier alpha value is -0.610. The zero-order valence-electron chi connectivity index (χ0n) is 11.2. The Labute approximate surface area is 113 Å². The zero-order chi connectivity index (χ0) is 12.8. The molecule has 0 unspecified atom stereocenters. The summed E-state index contributed by atoms with van der Waals surface area (Å²) in [6.07, 6.45) is 3.02. The van der Waals surface area contributed by atoms with E-state index < -0.39 is 0 Å². The second-order valence-corrected chi connectivity index (χ2v) is 5.35. The lowest BCUT2D eigenvalue weighted by molar-refractivity contribution is 0.412. The Morgan fingerprint density at radius 2 is 1.94 bits per heavy atom. The maximum absolute atomic E-state index is 4.50. The van der Waals surface area contributed by atoms with Crippen molar-refractivity contribution in [2.75, 3.05) is 38.6 Å². The van der Waals surface area contributed by atoms with Gasteiger partial charge >= 0.3 is 0 Å². The quantitative estimate of drug-likeness (QED) is 0.805. The van der Waals surface area contributed by atoms with Gasteiger partial charge in [-0.25, -0.2) is 4.98 Å².